The molecule has 5 nitrogen and oxygen atoms in total. The highest BCUT2D eigenvalue weighted by Crippen LogP contribution is 2.19. The number of H-pyrrole nitrogens is 1. The van der Waals surface area contributed by atoms with E-state index in [2.05, 4.69) is 15.3 Å². The molecular weight excluding hydrogens is 216 g/mol. The zero-order chi connectivity index (χ0) is 12.3. The van der Waals surface area contributed by atoms with Gasteiger partial charge in [-0.15, -0.1) is 0 Å². The maximum atomic E-state index is 12.2. The number of hydrogen-bond acceptors (Lipinski definition) is 2. The fourth-order valence-corrected chi connectivity index (χ4v) is 1.84. The lowest BCUT2D eigenvalue weighted by Crippen LogP contribution is -2.29. The Bertz CT molecular complexity index is 459. The number of carbonyl (C=O) groups excluding carboxylic acids is 1. The van der Waals surface area contributed by atoms with E-state index in [1.165, 1.54) is 0 Å². The van der Waals surface area contributed by atoms with Gasteiger partial charge in [0.2, 0.25) is 11.9 Å². The number of aromatic amines is 1. The van der Waals surface area contributed by atoms with Crippen molar-refractivity contribution in [2.24, 2.45) is 5.92 Å². The van der Waals surface area contributed by atoms with Crippen molar-refractivity contribution < 1.29 is 4.79 Å². The number of nitrogens with one attached hydrogen (secondary N) is 2. The van der Waals surface area contributed by atoms with Gasteiger partial charge < -0.3 is 9.55 Å². The van der Waals surface area contributed by atoms with Crippen molar-refractivity contribution in [3.8, 4) is 0 Å². The summed E-state index contributed by atoms with van der Waals surface area (Å²) >= 11 is 0. The summed E-state index contributed by atoms with van der Waals surface area (Å²) in [4.78, 5) is 19.0. The first-order chi connectivity index (χ1) is 8.18. The standard InChI is InChI=1S/C12H16N4O/c1-9(2)10(16-7-3-4-8-16)11(17)15-12-13-5-6-14-12/h3-10H,1-2H3,(H2,13,14,15,17)/t10-/m0/s1. The monoisotopic (exact) mass is 232 g/mol. The van der Waals surface area contributed by atoms with Crippen LogP contribution in [0.1, 0.15) is 19.9 Å². The van der Waals surface area contributed by atoms with Gasteiger partial charge in [0.15, 0.2) is 0 Å². The van der Waals surface area contributed by atoms with Gasteiger partial charge in [-0.1, -0.05) is 13.8 Å². The van der Waals surface area contributed by atoms with Gasteiger partial charge in [-0.3, -0.25) is 10.1 Å². The maximum absolute atomic E-state index is 12.2. The molecule has 2 heterocycles. The minimum Gasteiger partial charge on any atom is -0.342 e. The molecule has 0 unspecified atom stereocenters. The Balaban J connectivity index is 2.14. The van der Waals surface area contributed by atoms with Crippen molar-refractivity contribution in [3.63, 3.8) is 0 Å². The van der Waals surface area contributed by atoms with Crippen LogP contribution >= 0.6 is 0 Å². The van der Waals surface area contributed by atoms with Crippen molar-refractivity contribution in [2.75, 3.05) is 5.32 Å². The molecule has 0 saturated heterocycles. The lowest BCUT2D eigenvalue weighted by molar-refractivity contribution is -0.120. The van der Waals surface area contributed by atoms with Crippen molar-refractivity contribution >= 4 is 11.9 Å². The molecule has 0 fully saturated rings. The molecule has 1 amide bonds. The predicted octanol–water partition coefficient (Wildman–Crippen LogP) is 2.05. The molecule has 1 atom stereocenters. The molecule has 2 rings (SSSR count). The molecule has 2 aromatic heterocycles. The van der Waals surface area contributed by atoms with E-state index < -0.39 is 0 Å². The van der Waals surface area contributed by atoms with E-state index in [9.17, 15) is 4.79 Å². The number of rotatable bonds is 4. The maximum Gasteiger partial charge on any atom is 0.249 e. The third kappa shape index (κ3) is 2.55. The van der Waals surface area contributed by atoms with Crippen molar-refractivity contribution in [3.05, 3.63) is 36.9 Å². The van der Waals surface area contributed by atoms with Gasteiger partial charge in [0.05, 0.1) is 0 Å². The summed E-state index contributed by atoms with van der Waals surface area (Å²) < 4.78 is 1.91. The number of amides is 1. The normalized spacial score (nSPS) is 12.6. The second-order valence-corrected chi connectivity index (χ2v) is 4.25. The fourth-order valence-electron chi connectivity index (χ4n) is 1.84. The van der Waals surface area contributed by atoms with Gasteiger partial charge in [-0.25, -0.2) is 4.98 Å². The summed E-state index contributed by atoms with van der Waals surface area (Å²) in [5.41, 5.74) is 0. The van der Waals surface area contributed by atoms with Gasteiger partial charge in [0.25, 0.3) is 0 Å². The van der Waals surface area contributed by atoms with Crippen LogP contribution in [0.15, 0.2) is 36.9 Å². The Morgan fingerprint density at radius 1 is 1.41 bits per heavy atom. The smallest absolute Gasteiger partial charge is 0.249 e. The van der Waals surface area contributed by atoms with Crippen LogP contribution in [0, 0.1) is 5.92 Å². The quantitative estimate of drug-likeness (QED) is 0.847. The van der Waals surface area contributed by atoms with Gasteiger partial charge in [-0.05, 0) is 18.1 Å². The number of hydrogen-bond donors (Lipinski definition) is 2. The lowest BCUT2D eigenvalue weighted by Gasteiger charge is -2.21. The Hall–Kier alpha value is -2.04. The van der Waals surface area contributed by atoms with Crippen LogP contribution in [-0.2, 0) is 4.79 Å². The van der Waals surface area contributed by atoms with E-state index in [0.717, 1.165) is 0 Å². The van der Waals surface area contributed by atoms with E-state index in [1.807, 2.05) is 42.9 Å². The summed E-state index contributed by atoms with van der Waals surface area (Å²) in [7, 11) is 0. The van der Waals surface area contributed by atoms with E-state index >= 15 is 0 Å². The Labute approximate surface area is 99.9 Å². The van der Waals surface area contributed by atoms with E-state index in [4.69, 9.17) is 0 Å². The van der Waals surface area contributed by atoms with Crippen LogP contribution in [0.5, 0.6) is 0 Å². The minimum atomic E-state index is -0.227. The molecule has 17 heavy (non-hydrogen) atoms. The van der Waals surface area contributed by atoms with Crippen molar-refractivity contribution in [1.29, 1.82) is 0 Å². The summed E-state index contributed by atoms with van der Waals surface area (Å²) in [5.74, 6) is 0.622. The highest BCUT2D eigenvalue weighted by molar-refractivity contribution is 5.92. The molecule has 0 spiro atoms. The molecule has 0 radical (unpaired) electrons. The largest absolute Gasteiger partial charge is 0.342 e. The van der Waals surface area contributed by atoms with E-state index in [1.54, 1.807) is 12.4 Å². The Morgan fingerprint density at radius 2 is 2.12 bits per heavy atom. The summed E-state index contributed by atoms with van der Waals surface area (Å²) in [6.45, 7) is 4.04. The Morgan fingerprint density at radius 3 is 2.65 bits per heavy atom. The van der Waals surface area contributed by atoms with Gasteiger partial charge >= 0.3 is 0 Å². The summed E-state index contributed by atoms with van der Waals surface area (Å²) in [6, 6.07) is 3.60. The first kappa shape index (κ1) is 11.4. The average molecular weight is 232 g/mol. The zero-order valence-corrected chi connectivity index (χ0v) is 9.92. The SMILES string of the molecule is CC(C)[C@@H](C(=O)Nc1ncc[nH]1)n1cccc1. The number of nitrogens with zero attached hydrogens (tertiary/aromatic N) is 2. The van der Waals surface area contributed by atoms with Crippen LogP contribution in [0.3, 0.4) is 0 Å². The third-order valence-corrected chi connectivity index (χ3v) is 2.59. The molecule has 0 saturated carbocycles. The fraction of sp³-hybridized carbons (Fsp3) is 0.333. The van der Waals surface area contributed by atoms with Gasteiger partial charge in [-0.2, -0.15) is 0 Å². The number of anilines is 1. The van der Waals surface area contributed by atoms with Crippen LogP contribution in [0.25, 0.3) is 0 Å². The average Bonchev–Trinajstić information content (AvgIpc) is 2.89. The topological polar surface area (TPSA) is 62.7 Å². The van der Waals surface area contributed by atoms with Gasteiger partial charge in [0.1, 0.15) is 6.04 Å². The molecule has 0 aliphatic heterocycles. The van der Waals surface area contributed by atoms with Crippen LogP contribution < -0.4 is 5.32 Å². The molecule has 0 aliphatic carbocycles. The molecule has 2 aromatic rings. The highest BCUT2D eigenvalue weighted by Gasteiger charge is 2.23. The second-order valence-electron chi connectivity index (χ2n) is 4.25. The molecular formula is C12H16N4O. The first-order valence-corrected chi connectivity index (χ1v) is 5.61. The summed E-state index contributed by atoms with van der Waals surface area (Å²) in [6.07, 6.45) is 7.07. The van der Waals surface area contributed by atoms with Gasteiger partial charge in [0, 0.05) is 24.8 Å². The number of imidazole rings is 1. The molecule has 5 heteroatoms. The third-order valence-electron chi connectivity index (χ3n) is 2.59. The predicted molar refractivity (Wildman–Crippen MR) is 65.5 cm³/mol. The number of carbonyl (C=O) groups is 1. The van der Waals surface area contributed by atoms with Crippen LogP contribution in [0.4, 0.5) is 5.95 Å². The molecule has 90 valence electrons. The molecule has 2 N–H and O–H groups in total. The van der Waals surface area contributed by atoms with E-state index in [0.29, 0.717) is 5.95 Å². The minimum absolute atomic E-state index is 0.0637. The van der Waals surface area contributed by atoms with Crippen molar-refractivity contribution in [1.82, 2.24) is 14.5 Å². The molecule has 0 bridgehead atoms. The van der Waals surface area contributed by atoms with Crippen molar-refractivity contribution in [2.45, 2.75) is 19.9 Å². The highest BCUT2D eigenvalue weighted by atomic mass is 16.2. The second kappa shape index (κ2) is 4.86. The van der Waals surface area contributed by atoms with Crippen LogP contribution in [-0.4, -0.2) is 20.4 Å². The molecule has 0 aromatic carbocycles. The van der Waals surface area contributed by atoms with E-state index in [-0.39, 0.29) is 17.9 Å². The first-order valence-electron chi connectivity index (χ1n) is 5.61. The number of aromatic nitrogens is 3. The lowest BCUT2D eigenvalue weighted by atomic mass is 10.0. The zero-order valence-electron chi connectivity index (χ0n) is 9.92. The Kier molecular flexibility index (Phi) is 3.27. The van der Waals surface area contributed by atoms with Crippen LogP contribution in [0.2, 0.25) is 0 Å². The summed E-state index contributed by atoms with van der Waals surface area (Å²) in [5, 5.41) is 2.77. The molecule has 0 aliphatic rings.